The van der Waals surface area contributed by atoms with E-state index in [1.807, 2.05) is 6.07 Å². The summed E-state index contributed by atoms with van der Waals surface area (Å²) in [5, 5.41) is 3.51. The molecule has 3 heteroatoms. The highest BCUT2D eigenvalue weighted by molar-refractivity contribution is 5.95. The van der Waals surface area contributed by atoms with Gasteiger partial charge in [0.05, 0.1) is 12.6 Å². The number of benzene rings is 2. The first-order chi connectivity index (χ1) is 11.7. The van der Waals surface area contributed by atoms with E-state index in [1.165, 1.54) is 12.0 Å². The minimum absolute atomic E-state index is 0.442. The van der Waals surface area contributed by atoms with Gasteiger partial charge in [-0.05, 0) is 36.5 Å². The second-order valence-corrected chi connectivity index (χ2v) is 6.87. The predicted octanol–water partition coefficient (Wildman–Crippen LogP) is 4.43. The maximum Gasteiger partial charge on any atom is 0.198 e. The summed E-state index contributed by atoms with van der Waals surface area (Å²) >= 11 is 0. The minimum Gasteiger partial charge on any atom is -0.338 e. The van der Waals surface area contributed by atoms with E-state index in [1.54, 1.807) is 0 Å². The molecule has 0 saturated heterocycles. The molecule has 24 heavy (non-hydrogen) atoms. The normalized spacial score (nSPS) is 17.2. The molecule has 0 fully saturated rings. The van der Waals surface area contributed by atoms with E-state index >= 15 is 0 Å². The smallest absolute Gasteiger partial charge is 0.198 e. The lowest BCUT2D eigenvalue weighted by molar-refractivity contribution is 0.318. The van der Waals surface area contributed by atoms with Crippen molar-refractivity contribution in [1.29, 1.82) is 0 Å². The number of nitrogens with one attached hydrogen (secondary N) is 1. The van der Waals surface area contributed by atoms with Gasteiger partial charge in [0.15, 0.2) is 5.96 Å². The monoisotopic (exact) mass is 321 g/mol. The Morgan fingerprint density at radius 2 is 1.71 bits per heavy atom. The molecular weight excluding hydrogens is 294 g/mol. The second kappa shape index (κ2) is 8.00. The van der Waals surface area contributed by atoms with Crippen molar-refractivity contribution in [2.24, 2.45) is 10.9 Å². The van der Waals surface area contributed by atoms with E-state index in [2.05, 4.69) is 78.7 Å². The molecule has 0 radical (unpaired) electrons. The standard InChI is InChI=1S/C21H27N3/c1-17(2)13-14-24-20(15-18-9-5-3-6-10-18)16-22-21(24)23-19-11-7-4-8-12-19/h3-12,17,20H,13-16H2,1-2H3,(H,22,23)/t20-/m0/s1. The number of aliphatic imine (C=N–C) groups is 1. The van der Waals surface area contributed by atoms with Crippen LogP contribution in [-0.4, -0.2) is 30.0 Å². The van der Waals surface area contributed by atoms with Crippen molar-refractivity contribution in [2.75, 3.05) is 18.4 Å². The lowest BCUT2D eigenvalue weighted by Crippen LogP contribution is -2.42. The van der Waals surface area contributed by atoms with Gasteiger partial charge in [-0.2, -0.15) is 0 Å². The number of guanidine groups is 1. The predicted molar refractivity (Wildman–Crippen MR) is 102 cm³/mol. The third-order valence-electron chi connectivity index (χ3n) is 4.46. The Hall–Kier alpha value is -2.29. The van der Waals surface area contributed by atoms with Crippen molar-refractivity contribution in [3.63, 3.8) is 0 Å². The van der Waals surface area contributed by atoms with Gasteiger partial charge >= 0.3 is 0 Å². The summed E-state index contributed by atoms with van der Waals surface area (Å²) in [4.78, 5) is 7.26. The Morgan fingerprint density at radius 3 is 2.38 bits per heavy atom. The molecule has 3 nitrogen and oxygen atoms in total. The van der Waals surface area contributed by atoms with Gasteiger partial charge in [0.2, 0.25) is 0 Å². The van der Waals surface area contributed by atoms with E-state index in [0.717, 1.165) is 31.2 Å². The van der Waals surface area contributed by atoms with Gasteiger partial charge in [-0.1, -0.05) is 62.4 Å². The van der Waals surface area contributed by atoms with Gasteiger partial charge in [0.1, 0.15) is 0 Å². The first-order valence-electron chi connectivity index (χ1n) is 8.89. The molecule has 0 aliphatic carbocycles. The fourth-order valence-electron chi connectivity index (χ4n) is 3.06. The van der Waals surface area contributed by atoms with Crippen LogP contribution in [0.2, 0.25) is 0 Å². The molecule has 1 aliphatic rings. The van der Waals surface area contributed by atoms with Crippen LogP contribution in [0, 0.1) is 5.92 Å². The van der Waals surface area contributed by atoms with Crippen LogP contribution in [0.1, 0.15) is 25.8 Å². The third kappa shape index (κ3) is 4.38. The van der Waals surface area contributed by atoms with Crippen LogP contribution in [0.25, 0.3) is 0 Å². The van der Waals surface area contributed by atoms with Gasteiger partial charge < -0.3 is 10.2 Å². The van der Waals surface area contributed by atoms with Crippen molar-refractivity contribution >= 4 is 11.6 Å². The van der Waals surface area contributed by atoms with Gasteiger partial charge in [-0.25, -0.2) is 0 Å². The third-order valence-corrected chi connectivity index (χ3v) is 4.46. The maximum atomic E-state index is 4.80. The van der Waals surface area contributed by atoms with Crippen molar-refractivity contribution in [1.82, 2.24) is 4.90 Å². The van der Waals surface area contributed by atoms with E-state index in [4.69, 9.17) is 4.99 Å². The van der Waals surface area contributed by atoms with Gasteiger partial charge in [-0.15, -0.1) is 0 Å². The van der Waals surface area contributed by atoms with E-state index in [9.17, 15) is 0 Å². The zero-order valence-electron chi connectivity index (χ0n) is 14.7. The highest BCUT2D eigenvalue weighted by Gasteiger charge is 2.27. The molecule has 1 heterocycles. The molecule has 1 aliphatic heterocycles. The maximum absolute atomic E-state index is 4.80. The number of hydrogen-bond donors (Lipinski definition) is 1. The Bertz CT molecular complexity index is 649. The minimum atomic E-state index is 0.442. The van der Waals surface area contributed by atoms with Crippen LogP contribution in [0.5, 0.6) is 0 Å². The van der Waals surface area contributed by atoms with Crippen LogP contribution < -0.4 is 5.32 Å². The molecule has 0 aromatic heterocycles. The molecular formula is C21H27N3. The summed E-state index contributed by atoms with van der Waals surface area (Å²) in [6, 6.07) is 21.5. The highest BCUT2D eigenvalue weighted by atomic mass is 15.4. The lowest BCUT2D eigenvalue weighted by Gasteiger charge is -2.29. The van der Waals surface area contributed by atoms with Gasteiger partial charge in [0, 0.05) is 12.2 Å². The summed E-state index contributed by atoms with van der Waals surface area (Å²) in [5.41, 5.74) is 2.49. The number of anilines is 1. The van der Waals surface area contributed by atoms with Gasteiger partial charge in [0.25, 0.3) is 0 Å². The Balaban J connectivity index is 1.70. The Kier molecular flexibility index (Phi) is 5.52. The van der Waals surface area contributed by atoms with E-state index < -0.39 is 0 Å². The summed E-state index contributed by atoms with van der Waals surface area (Å²) < 4.78 is 0. The van der Waals surface area contributed by atoms with Crippen LogP contribution >= 0.6 is 0 Å². The zero-order valence-corrected chi connectivity index (χ0v) is 14.7. The SMILES string of the molecule is CC(C)CCN1C(Nc2ccccc2)=NC[C@@H]1Cc1ccccc1. The molecule has 1 atom stereocenters. The average molecular weight is 321 g/mol. The average Bonchev–Trinajstić information content (AvgIpc) is 2.96. The number of hydrogen-bond acceptors (Lipinski definition) is 3. The van der Waals surface area contributed by atoms with Crippen molar-refractivity contribution in [3.05, 3.63) is 66.2 Å². The molecule has 0 saturated carbocycles. The molecule has 0 unspecified atom stereocenters. The molecule has 2 aromatic carbocycles. The second-order valence-electron chi connectivity index (χ2n) is 6.87. The highest BCUT2D eigenvalue weighted by Crippen LogP contribution is 2.19. The van der Waals surface area contributed by atoms with Crippen LogP contribution in [-0.2, 0) is 6.42 Å². The van der Waals surface area contributed by atoms with Crippen molar-refractivity contribution in [2.45, 2.75) is 32.7 Å². The molecule has 126 valence electrons. The lowest BCUT2D eigenvalue weighted by atomic mass is 10.0. The molecule has 3 rings (SSSR count). The first-order valence-corrected chi connectivity index (χ1v) is 8.89. The number of rotatable bonds is 6. The van der Waals surface area contributed by atoms with Gasteiger partial charge in [-0.3, -0.25) is 4.99 Å². The first kappa shape index (κ1) is 16.6. The summed E-state index contributed by atoms with van der Waals surface area (Å²) in [7, 11) is 0. The fraction of sp³-hybridized carbons (Fsp3) is 0.381. The van der Waals surface area contributed by atoms with Crippen LogP contribution in [0.3, 0.4) is 0 Å². The van der Waals surface area contributed by atoms with Crippen LogP contribution in [0.15, 0.2) is 65.7 Å². The fourth-order valence-corrected chi connectivity index (χ4v) is 3.06. The summed E-state index contributed by atoms with van der Waals surface area (Å²) in [6.45, 7) is 6.48. The molecule has 1 N–H and O–H groups in total. The topological polar surface area (TPSA) is 27.6 Å². The molecule has 0 spiro atoms. The van der Waals surface area contributed by atoms with E-state index in [-0.39, 0.29) is 0 Å². The Morgan fingerprint density at radius 1 is 1.04 bits per heavy atom. The quantitative estimate of drug-likeness (QED) is 0.852. The largest absolute Gasteiger partial charge is 0.338 e. The number of nitrogens with zero attached hydrogens (tertiary/aromatic N) is 2. The van der Waals surface area contributed by atoms with Crippen molar-refractivity contribution in [3.8, 4) is 0 Å². The summed E-state index contributed by atoms with van der Waals surface area (Å²) in [5.74, 6) is 1.71. The van der Waals surface area contributed by atoms with Crippen molar-refractivity contribution < 1.29 is 0 Å². The molecule has 2 aromatic rings. The summed E-state index contributed by atoms with van der Waals surface area (Å²) in [6.07, 6.45) is 2.23. The zero-order chi connectivity index (χ0) is 16.8. The van der Waals surface area contributed by atoms with E-state index in [0.29, 0.717) is 12.0 Å². The molecule has 0 amide bonds. The molecule has 0 bridgehead atoms. The Labute approximate surface area is 145 Å². The number of para-hydroxylation sites is 1. The van der Waals surface area contributed by atoms with Crippen LogP contribution in [0.4, 0.5) is 5.69 Å².